The largest absolute Gasteiger partial charge is 0.387 e. The van der Waals surface area contributed by atoms with Gasteiger partial charge in [-0.1, -0.05) is 31.2 Å². The molecule has 0 radical (unpaired) electrons. The van der Waals surface area contributed by atoms with Gasteiger partial charge in [0.25, 0.3) is 0 Å². The minimum absolute atomic E-state index is 0.129. The molecule has 4 N–H and O–H groups in total. The second kappa shape index (κ2) is 6.55. The van der Waals surface area contributed by atoms with Crippen LogP contribution in [0, 0.1) is 0 Å². The van der Waals surface area contributed by atoms with Gasteiger partial charge in [0.2, 0.25) is 0 Å². The van der Waals surface area contributed by atoms with E-state index in [0.29, 0.717) is 5.84 Å². The van der Waals surface area contributed by atoms with E-state index < -0.39 is 0 Å². The minimum Gasteiger partial charge on any atom is -0.387 e. The number of hydrogen-bond donors (Lipinski definition) is 2. The number of amidine groups is 1. The van der Waals surface area contributed by atoms with Crippen molar-refractivity contribution in [3.05, 3.63) is 35.4 Å². The fraction of sp³-hybridized carbons (Fsp3) is 0.417. The van der Waals surface area contributed by atoms with Gasteiger partial charge in [0.05, 0.1) is 0 Å². The summed E-state index contributed by atoms with van der Waals surface area (Å²) in [5.41, 5.74) is 13.9. The molecule has 0 heterocycles. The van der Waals surface area contributed by atoms with E-state index in [1.54, 1.807) is 6.92 Å². The van der Waals surface area contributed by atoms with Gasteiger partial charge in [-0.25, -0.2) is 4.40 Å². The lowest BCUT2D eigenvalue weighted by molar-refractivity contribution is 0.698. The van der Waals surface area contributed by atoms with Crippen molar-refractivity contribution in [3.8, 4) is 0 Å². The Morgan fingerprint density at radius 1 is 1.50 bits per heavy atom. The Kier molecular flexibility index (Phi) is 5.35. The molecule has 1 aromatic carbocycles. The Bertz CT molecular complexity index is 359. The van der Waals surface area contributed by atoms with Crippen LogP contribution in [-0.2, 0) is 5.75 Å². The Morgan fingerprint density at radius 2 is 2.25 bits per heavy atom. The third-order valence-electron chi connectivity index (χ3n) is 2.26. The van der Waals surface area contributed by atoms with Gasteiger partial charge in [-0.05, 0) is 36.4 Å². The van der Waals surface area contributed by atoms with E-state index in [2.05, 4.69) is 29.5 Å². The van der Waals surface area contributed by atoms with E-state index in [1.807, 2.05) is 6.07 Å². The van der Waals surface area contributed by atoms with E-state index >= 15 is 0 Å². The van der Waals surface area contributed by atoms with Gasteiger partial charge in [-0.3, -0.25) is 0 Å². The highest BCUT2D eigenvalue weighted by molar-refractivity contribution is 7.97. The van der Waals surface area contributed by atoms with Crippen molar-refractivity contribution in [1.82, 2.24) is 0 Å². The molecule has 0 aliphatic heterocycles. The zero-order valence-electron chi connectivity index (χ0n) is 9.81. The number of hydrogen-bond acceptors (Lipinski definition) is 3. The predicted octanol–water partition coefficient (Wildman–Crippen LogP) is 2.62. The number of nitrogens with zero attached hydrogens (tertiary/aromatic N) is 1. The van der Waals surface area contributed by atoms with Crippen molar-refractivity contribution in [3.63, 3.8) is 0 Å². The zero-order chi connectivity index (χ0) is 12.0. The second-order valence-electron chi connectivity index (χ2n) is 3.77. The third-order valence-corrected chi connectivity index (χ3v) is 3.14. The molecular formula is C12H19N3S. The van der Waals surface area contributed by atoms with Crippen molar-refractivity contribution in [2.24, 2.45) is 15.9 Å². The lowest BCUT2D eigenvalue weighted by Gasteiger charge is -2.10. The minimum atomic E-state index is 0.129. The fourth-order valence-corrected chi connectivity index (χ4v) is 1.95. The summed E-state index contributed by atoms with van der Waals surface area (Å²) < 4.78 is 4.09. The van der Waals surface area contributed by atoms with Gasteiger partial charge in [-0.2, -0.15) is 0 Å². The molecule has 88 valence electrons. The van der Waals surface area contributed by atoms with E-state index in [1.165, 1.54) is 23.1 Å². The van der Waals surface area contributed by atoms with Crippen LogP contribution in [0.4, 0.5) is 0 Å². The van der Waals surface area contributed by atoms with Gasteiger partial charge in [0.15, 0.2) is 0 Å². The van der Waals surface area contributed by atoms with Crippen LogP contribution in [0.1, 0.15) is 37.4 Å². The molecule has 4 heteroatoms. The highest BCUT2D eigenvalue weighted by atomic mass is 32.2. The molecule has 0 aliphatic carbocycles. The average Bonchev–Trinajstić information content (AvgIpc) is 2.28. The standard InChI is InChI=1S/C12H19N3S/c1-3-12(14)11-6-4-5-10(7-11)8-16-15-9(2)13/h4-7,12H,3,8,14H2,1-2H3,(H2,13,15). The fourth-order valence-electron chi connectivity index (χ4n) is 1.36. The van der Waals surface area contributed by atoms with E-state index in [9.17, 15) is 0 Å². The first-order chi connectivity index (χ1) is 7.63. The molecule has 1 unspecified atom stereocenters. The maximum Gasteiger partial charge on any atom is 0.104 e. The van der Waals surface area contributed by atoms with E-state index in [0.717, 1.165) is 12.2 Å². The topological polar surface area (TPSA) is 64.4 Å². The molecule has 1 aromatic rings. The molecule has 0 saturated heterocycles. The summed E-state index contributed by atoms with van der Waals surface area (Å²) in [4.78, 5) is 0. The number of rotatable bonds is 5. The molecule has 0 spiro atoms. The van der Waals surface area contributed by atoms with Crippen LogP contribution < -0.4 is 11.5 Å². The van der Waals surface area contributed by atoms with Gasteiger partial charge in [-0.15, -0.1) is 0 Å². The molecule has 0 fully saturated rings. The third kappa shape index (κ3) is 4.24. The zero-order valence-corrected chi connectivity index (χ0v) is 10.6. The van der Waals surface area contributed by atoms with E-state index in [-0.39, 0.29) is 6.04 Å². The smallest absolute Gasteiger partial charge is 0.104 e. The summed E-state index contributed by atoms with van der Waals surface area (Å²) in [6.07, 6.45) is 0.955. The van der Waals surface area contributed by atoms with Gasteiger partial charge < -0.3 is 11.5 Å². The average molecular weight is 237 g/mol. The maximum absolute atomic E-state index is 5.99. The van der Waals surface area contributed by atoms with Crippen molar-refractivity contribution in [1.29, 1.82) is 0 Å². The van der Waals surface area contributed by atoms with Gasteiger partial charge in [0, 0.05) is 11.8 Å². The summed E-state index contributed by atoms with van der Waals surface area (Å²) in [6.45, 7) is 3.88. The molecule has 0 amide bonds. The summed E-state index contributed by atoms with van der Waals surface area (Å²) in [5, 5.41) is 0. The second-order valence-corrected chi connectivity index (χ2v) is 4.50. The van der Waals surface area contributed by atoms with Gasteiger partial charge in [0.1, 0.15) is 5.84 Å². The summed E-state index contributed by atoms with van der Waals surface area (Å²) in [6, 6.07) is 8.46. The van der Waals surface area contributed by atoms with Crippen molar-refractivity contribution in [2.75, 3.05) is 0 Å². The molecule has 0 saturated carbocycles. The first-order valence-electron chi connectivity index (χ1n) is 5.40. The van der Waals surface area contributed by atoms with Crippen molar-refractivity contribution in [2.45, 2.75) is 32.1 Å². The van der Waals surface area contributed by atoms with Crippen LogP contribution in [-0.4, -0.2) is 5.84 Å². The monoisotopic (exact) mass is 237 g/mol. The molecular weight excluding hydrogens is 218 g/mol. The molecule has 0 aromatic heterocycles. The molecule has 1 atom stereocenters. The Morgan fingerprint density at radius 3 is 2.88 bits per heavy atom. The van der Waals surface area contributed by atoms with Crippen molar-refractivity contribution >= 4 is 17.8 Å². The summed E-state index contributed by atoms with van der Waals surface area (Å²) >= 11 is 1.46. The predicted molar refractivity (Wildman–Crippen MR) is 72.3 cm³/mol. The van der Waals surface area contributed by atoms with Crippen LogP contribution in [0.2, 0.25) is 0 Å². The number of benzene rings is 1. The lowest BCUT2D eigenvalue weighted by atomic mass is 10.0. The van der Waals surface area contributed by atoms with Crippen LogP contribution in [0.25, 0.3) is 0 Å². The molecule has 1 rings (SSSR count). The highest BCUT2D eigenvalue weighted by Gasteiger charge is 2.03. The normalized spacial score (nSPS) is 13.8. The Labute approximate surface area is 101 Å². The number of nitrogens with two attached hydrogens (primary N) is 2. The lowest BCUT2D eigenvalue weighted by Crippen LogP contribution is -2.08. The van der Waals surface area contributed by atoms with Crippen molar-refractivity contribution < 1.29 is 0 Å². The van der Waals surface area contributed by atoms with Crippen LogP contribution in [0.3, 0.4) is 0 Å². The molecule has 0 bridgehead atoms. The molecule has 0 aliphatic rings. The summed E-state index contributed by atoms with van der Waals surface area (Å²) in [5.74, 6) is 1.44. The van der Waals surface area contributed by atoms with Crippen LogP contribution in [0.15, 0.2) is 28.7 Å². The quantitative estimate of drug-likeness (QED) is 0.470. The SMILES string of the molecule is CCC(N)c1cccc(CS/N=C(/C)N)c1. The summed E-state index contributed by atoms with van der Waals surface area (Å²) in [7, 11) is 0. The highest BCUT2D eigenvalue weighted by Crippen LogP contribution is 2.19. The van der Waals surface area contributed by atoms with Crippen LogP contribution >= 0.6 is 11.9 Å². The first-order valence-corrected chi connectivity index (χ1v) is 6.34. The van der Waals surface area contributed by atoms with Crippen LogP contribution in [0.5, 0.6) is 0 Å². The molecule has 16 heavy (non-hydrogen) atoms. The Balaban J connectivity index is 2.64. The van der Waals surface area contributed by atoms with Gasteiger partial charge >= 0.3 is 0 Å². The maximum atomic E-state index is 5.99. The van der Waals surface area contributed by atoms with E-state index in [4.69, 9.17) is 11.5 Å². The Hall–Kier alpha value is -1.00. The first kappa shape index (κ1) is 13.1. The molecule has 3 nitrogen and oxygen atoms in total.